The number of hydrogen-bond acceptors (Lipinski definition) is 3. The van der Waals surface area contributed by atoms with Crippen LogP contribution >= 0.6 is 22.6 Å². The fraction of sp³-hybridized carbons (Fsp3) is 0.500. The number of rotatable bonds is 3. The lowest BCUT2D eigenvalue weighted by Gasteiger charge is -2.22. The lowest BCUT2D eigenvalue weighted by Crippen LogP contribution is -2.28. The normalized spacial score (nSPS) is 19.8. The molecule has 4 heteroatoms. The SMILES string of the molecule is CC(C#N)(/N=N/c1ccc(I)cc1)C1CCCC1. The van der Waals surface area contributed by atoms with E-state index in [4.69, 9.17) is 0 Å². The summed E-state index contributed by atoms with van der Waals surface area (Å²) in [6.45, 7) is 1.90. The maximum absolute atomic E-state index is 9.36. The largest absolute Gasteiger partial charge is 0.196 e. The average Bonchev–Trinajstić information content (AvgIpc) is 2.92. The summed E-state index contributed by atoms with van der Waals surface area (Å²) in [6, 6.07) is 10.2. The standard InChI is InChI=1S/C14H16IN3/c1-14(10-16,11-4-2-3-5-11)18-17-13-8-6-12(15)7-9-13/h6-9,11H,2-5H2,1H3/b18-17+. The second-order valence-electron chi connectivity index (χ2n) is 4.92. The van der Waals surface area contributed by atoms with E-state index in [0.717, 1.165) is 18.5 Å². The molecule has 1 aliphatic carbocycles. The van der Waals surface area contributed by atoms with Crippen molar-refractivity contribution in [2.45, 2.75) is 38.1 Å². The lowest BCUT2D eigenvalue weighted by atomic mass is 9.86. The fourth-order valence-electron chi connectivity index (χ4n) is 2.35. The third-order valence-corrected chi connectivity index (χ3v) is 4.30. The van der Waals surface area contributed by atoms with Crippen molar-refractivity contribution in [1.29, 1.82) is 5.26 Å². The van der Waals surface area contributed by atoms with Crippen LogP contribution in [0.4, 0.5) is 5.69 Å². The molecular weight excluding hydrogens is 337 g/mol. The van der Waals surface area contributed by atoms with Gasteiger partial charge in [-0.1, -0.05) is 12.8 Å². The van der Waals surface area contributed by atoms with Crippen molar-refractivity contribution in [3.05, 3.63) is 27.8 Å². The Hall–Kier alpha value is -0.960. The van der Waals surface area contributed by atoms with Crippen molar-refractivity contribution < 1.29 is 0 Å². The van der Waals surface area contributed by atoms with Gasteiger partial charge in [-0.2, -0.15) is 15.5 Å². The predicted molar refractivity (Wildman–Crippen MR) is 79.7 cm³/mol. The molecule has 3 nitrogen and oxygen atoms in total. The summed E-state index contributed by atoms with van der Waals surface area (Å²) in [5.41, 5.74) is 0.148. The van der Waals surface area contributed by atoms with Crippen LogP contribution in [0.3, 0.4) is 0 Å². The minimum atomic E-state index is -0.667. The molecule has 94 valence electrons. The van der Waals surface area contributed by atoms with Crippen LogP contribution in [0, 0.1) is 20.8 Å². The number of halogens is 1. The molecule has 0 radical (unpaired) electrons. The third kappa shape index (κ3) is 3.08. The molecule has 0 amide bonds. The quantitative estimate of drug-likeness (QED) is 0.566. The third-order valence-electron chi connectivity index (χ3n) is 3.58. The number of benzene rings is 1. The first-order valence-corrected chi connectivity index (χ1v) is 7.32. The first-order chi connectivity index (χ1) is 8.64. The molecular formula is C14H16IN3. The van der Waals surface area contributed by atoms with Crippen LogP contribution in [0.15, 0.2) is 34.5 Å². The minimum Gasteiger partial charge on any atom is -0.196 e. The van der Waals surface area contributed by atoms with Crippen molar-refractivity contribution in [2.75, 3.05) is 0 Å². The second-order valence-corrected chi connectivity index (χ2v) is 6.16. The summed E-state index contributed by atoms with van der Waals surface area (Å²) >= 11 is 2.25. The van der Waals surface area contributed by atoms with Crippen LogP contribution in [0.5, 0.6) is 0 Å². The highest BCUT2D eigenvalue weighted by atomic mass is 127. The zero-order valence-corrected chi connectivity index (χ0v) is 12.6. The van der Waals surface area contributed by atoms with E-state index in [9.17, 15) is 5.26 Å². The number of nitriles is 1. The zero-order chi connectivity index (χ0) is 13.0. The molecule has 2 rings (SSSR count). The smallest absolute Gasteiger partial charge is 0.167 e. The summed E-state index contributed by atoms with van der Waals surface area (Å²) < 4.78 is 1.17. The van der Waals surface area contributed by atoms with Crippen LogP contribution in [0.25, 0.3) is 0 Å². The molecule has 1 aliphatic rings. The zero-order valence-electron chi connectivity index (χ0n) is 10.4. The Bertz CT molecular complexity index is 469. The predicted octanol–water partition coefficient (Wildman–Crippen LogP) is 4.85. The maximum atomic E-state index is 9.36. The summed E-state index contributed by atoms with van der Waals surface area (Å²) in [7, 11) is 0. The maximum Gasteiger partial charge on any atom is 0.167 e. The molecule has 1 aromatic carbocycles. The van der Waals surface area contributed by atoms with Crippen LogP contribution < -0.4 is 0 Å². The Morgan fingerprint density at radius 3 is 2.44 bits per heavy atom. The number of azo groups is 1. The van der Waals surface area contributed by atoms with E-state index in [2.05, 4.69) is 38.9 Å². The fourth-order valence-corrected chi connectivity index (χ4v) is 2.71. The Morgan fingerprint density at radius 1 is 1.28 bits per heavy atom. The van der Waals surface area contributed by atoms with E-state index >= 15 is 0 Å². The van der Waals surface area contributed by atoms with E-state index < -0.39 is 5.54 Å². The van der Waals surface area contributed by atoms with E-state index in [1.165, 1.54) is 16.4 Å². The highest BCUT2D eigenvalue weighted by molar-refractivity contribution is 14.1. The molecule has 0 heterocycles. The molecule has 1 aromatic rings. The van der Waals surface area contributed by atoms with E-state index in [1.54, 1.807) is 0 Å². The van der Waals surface area contributed by atoms with Crippen LogP contribution in [0.1, 0.15) is 32.6 Å². The van der Waals surface area contributed by atoms with Gasteiger partial charge in [0.15, 0.2) is 5.54 Å². The second kappa shape index (κ2) is 5.79. The summed E-state index contributed by atoms with van der Waals surface area (Å²) in [5.74, 6) is 0.357. The van der Waals surface area contributed by atoms with E-state index in [1.807, 2.05) is 31.2 Å². The topological polar surface area (TPSA) is 48.5 Å². The Morgan fingerprint density at radius 2 is 1.89 bits per heavy atom. The molecule has 0 spiro atoms. The minimum absolute atomic E-state index is 0.357. The van der Waals surface area contributed by atoms with Crippen molar-refractivity contribution in [3.63, 3.8) is 0 Å². The average molecular weight is 353 g/mol. The Kier molecular flexibility index (Phi) is 4.33. The Balaban J connectivity index is 2.14. The monoisotopic (exact) mass is 353 g/mol. The van der Waals surface area contributed by atoms with Gasteiger partial charge in [0, 0.05) is 3.57 Å². The molecule has 18 heavy (non-hydrogen) atoms. The van der Waals surface area contributed by atoms with Crippen LogP contribution in [0.2, 0.25) is 0 Å². The summed E-state index contributed by atoms with van der Waals surface area (Å²) in [4.78, 5) is 0. The molecule has 1 fully saturated rings. The first kappa shape index (κ1) is 13.5. The van der Waals surface area contributed by atoms with Crippen LogP contribution in [-0.2, 0) is 0 Å². The van der Waals surface area contributed by atoms with E-state index in [0.29, 0.717) is 5.92 Å². The lowest BCUT2D eigenvalue weighted by molar-refractivity contribution is 0.366. The van der Waals surface area contributed by atoms with Crippen molar-refractivity contribution >= 4 is 28.3 Å². The summed E-state index contributed by atoms with van der Waals surface area (Å²) in [6.07, 6.45) is 4.60. The van der Waals surface area contributed by atoms with Crippen molar-refractivity contribution in [3.8, 4) is 6.07 Å². The molecule has 1 saturated carbocycles. The molecule has 1 unspecified atom stereocenters. The number of nitrogens with zero attached hydrogens (tertiary/aromatic N) is 3. The van der Waals surface area contributed by atoms with Gasteiger partial charge in [-0.05, 0) is 72.5 Å². The van der Waals surface area contributed by atoms with Gasteiger partial charge in [0.1, 0.15) is 0 Å². The Labute approximate surface area is 121 Å². The van der Waals surface area contributed by atoms with Gasteiger partial charge in [-0.15, -0.1) is 0 Å². The highest BCUT2D eigenvalue weighted by Gasteiger charge is 2.36. The van der Waals surface area contributed by atoms with Gasteiger partial charge in [0.05, 0.1) is 11.8 Å². The summed E-state index contributed by atoms with van der Waals surface area (Å²) in [5, 5.41) is 17.9. The van der Waals surface area contributed by atoms with Gasteiger partial charge in [0.2, 0.25) is 0 Å². The van der Waals surface area contributed by atoms with Crippen LogP contribution in [-0.4, -0.2) is 5.54 Å². The van der Waals surface area contributed by atoms with Gasteiger partial charge >= 0.3 is 0 Å². The number of hydrogen-bond donors (Lipinski definition) is 0. The molecule has 0 N–H and O–H groups in total. The van der Waals surface area contributed by atoms with Gasteiger partial charge in [0.25, 0.3) is 0 Å². The van der Waals surface area contributed by atoms with Gasteiger partial charge < -0.3 is 0 Å². The van der Waals surface area contributed by atoms with Crippen molar-refractivity contribution in [1.82, 2.24) is 0 Å². The van der Waals surface area contributed by atoms with Crippen molar-refractivity contribution in [2.24, 2.45) is 16.1 Å². The van der Waals surface area contributed by atoms with Gasteiger partial charge in [-0.3, -0.25) is 0 Å². The molecule has 0 saturated heterocycles. The molecule has 1 atom stereocenters. The molecule has 0 aromatic heterocycles. The van der Waals surface area contributed by atoms with Gasteiger partial charge in [-0.25, -0.2) is 0 Å². The molecule has 0 bridgehead atoms. The first-order valence-electron chi connectivity index (χ1n) is 6.24. The van der Waals surface area contributed by atoms with E-state index in [-0.39, 0.29) is 0 Å². The molecule has 0 aliphatic heterocycles. The highest BCUT2D eigenvalue weighted by Crippen LogP contribution is 2.36.